The number of aromatic nitrogens is 2. The van der Waals surface area contributed by atoms with Crippen molar-refractivity contribution in [2.45, 2.75) is 0 Å². The van der Waals surface area contributed by atoms with Gasteiger partial charge in [-0.2, -0.15) is 0 Å². The highest BCUT2D eigenvalue weighted by Gasteiger charge is 2.24. The Bertz CT molecular complexity index is 936. The van der Waals surface area contributed by atoms with Gasteiger partial charge in [-0.25, -0.2) is 0 Å². The number of rotatable bonds is 4. The fourth-order valence-corrected chi connectivity index (χ4v) is 3.41. The Morgan fingerprint density at radius 3 is 2.25 bits per heavy atom. The lowest BCUT2D eigenvalue weighted by Gasteiger charge is -2.36. The van der Waals surface area contributed by atoms with Gasteiger partial charge in [-0.05, 0) is 24.3 Å². The first-order valence-corrected chi connectivity index (χ1v) is 9.32. The number of para-hydroxylation sites is 2. The van der Waals surface area contributed by atoms with Gasteiger partial charge in [0.2, 0.25) is 0 Å². The van der Waals surface area contributed by atoms with E-state index in [-0.39, 0.29) is 5.91 Å². The third-order valence-corrected chi connectivity index (χ3v) is 4.95. The van der Waals surface area contributed by atoms with Crippen molar-refractivity contribution in [3.63, 3.8) is 0 Å². The summed E-state index contributed by atoms with van der Waals surface area (Å²) in [4.78, 5) is 16.9. The average Bonchev–Trinajstić information content (AvgIpc) is 2.79. The lowest BCUT2D eigenvalue weighted by atomic mass is 10.1. The minimum atomic E-state index is -0.0770. The number of ether oxygens (including phenoxy) is 1. The van der Waals surface area contributed by atoms with Gasteiger partial charge >= 0.3 is 0 Å². The van der Waals surface area contributed by atoms with Crippen molar-refractivity contribution in [3.05, 3.63) is 72.4 Å². The van der Waals surface area contributed by atoms with Gasteiger partial charge in [-0.3, -0.25) is 4.79 Å². The minimum Gasteiger partial charge on any atom is -0.495 e. The maximum atomic E-state index is 12.8. The largest absolute Gasteiger partial charge is 0.495 e. The molecule has 0 bridgehead atoms. The number of carbonyl (C=O) groups is 1. The number of methoxy groups -OCH3 is 1. The molecule has 1 aromatic heterocycles. The highest BCUT2D eigenvalue weighted by atomic mass is 16.5. The third-order valence-electron chi connectivity index (χ3n) is 4.95. The van der Waals surface area contributed by atoms with E-state index in [9.17, 15) is 4.79 Å². The normalized spacial score (nSPS) is 14.0. The van der Waals surface area contributed by atoms with Gasteiger partial charge in [-0.1, -0.05) is 42.5 Å². The summed E-state index contributed by atoms with van der Waals surface area (Å²) >= 11 is 0. The molecule has 1 amide bonds. The number of carbonyl (C=O) groups excluding carboxylic acids is 1. The van der Waals surface area contributed by atoms with E-state index >= 15 is 0 Å². The lowest BCUT2D eigenvalue weighted by Crippen LogP contribution is -2.49. The summed E-state index contributed by atoms with van der Waals surface area (Å²) in [5.74, 6) is 0.774. The number of nitrogens with zero attached hydrogens (tertiary/aromatic N) is 4. The number of anilines is 1. The SMILES string of the molecule is COc1ccccc1N1CCN(C(=O)c2ccc(-c3ccccc3)nn2)CC1. The first-order chi connectivity index (χ1) is 13.8. The molecule has 0 N–H and O–H groups in total. The van der Waals surface area contributed by atoms with Crippen LogP contribution in [0.1, 0.15) is 10.5 Å². The smallest absolute Gasteiger partial charge is 0.274 e. The van der Waals surface area contributed by atoms with E-state index in [0.717, 1.165) is 35.8 Å². The molecule has 142 valence electrons. The maximum absolute atomic E-state index is 12.8. The van der Waals surface area contributed by atoms with Crippen molar-refractivity contribution in [3.8, 4) is 17.0 Å². The molecular weight excluding hydrogens is 352 g/mol. The van der Waals surface area contributed by atoms with Gasteiger partial charge in [0.05, 0.1) is 18.5 Å². The van der Waals surface area contributed by atoms with Gasteiger partial charge in [-0.15, -0.1) is 10.2 Å². The Balaban J connectivity index is 1.41. The quantitative estimate of drug-likeness (QED) is 0.702. The molecule has 0 saturated carbocycles. The fourth-order valence-electron chi connectivity index (χ4n) is 3.41. The standard InChI is InChI=1S/C22H22N4O2/c1-28-21-10-6-5-9-20(21)25-13-15-26(16-14-25)22(27)19-12-11-18(23-24-19)17-7-3-2-4-8-17/h2-12H,13-16H2,1H3. The summed E-state index contributed by atoms with van der Waals surface area (Å²) in [6.07, 6.45) is 0. The predicted molar refractivity (Wildman–Crippen MR) is 109 cm³/mol. The Kier molecular flexibility index (Phi) is 5.19. The molecule has 0 atom stereocenters. The molecule has 3 aromatic rings. The van der Waals surface area contributed by atoms with Crippen LogP contribution in [0.4, 0.5) is 5.69 Å². The molecule has 1 fully saturated rings. The Morgan fingerprint density at radius 1 is 0.857 bits per heavy atom. The van der Waals surface area contributed by atoms with Crippen LogP contribution in [0.3, 0.4) is 0 Å². The first-order valence-electron chi connectivity index (χ1n) is 9.32. The summed E-state index contributed by atoms with van der Waals surface area (Å²) in [5, 5.41) is 8.39. The maximum Gasteiger partial charge on any atom is 0.274 e. The predicted octanol–water partition coefficient (Wildman–Crippen LogP) is 3.11. The van der Waals surface area contributed by atoms with E-state index in [1.54, 1.807) is 13.2 Å². The van der Waals surface area contributed by atoms with Gasteiger partial charge in [0, 0.05) is 31.7 Å². The highest BCUT2D eigenvalue weighted by Crippen LogP contribution is 2.28. The van der Waals surface area contributed by atoms with E-state index in [0.29, 0.717) is 18.8 Å². The number of hydrogen-bond donors (Lipinski definition) is 0. The molecule has 0 unspecified atom stereocenters. The molecule has 1 saturated heterocycles. The fraction of sp³-hybridized carbons (Fsp3) is 0.227. The van der Waals surface area contributed by atoms with Crippen LogP contribution in [-0.2, 0) is 0 Å². The number of piperazine rings is 1. The third kappa shape index (κ3) is 3.67. The van der Waals surface area contributed by atoms with Gasteiger partial charge in [0.25, 0.3) is 5.91 Å². The summed E-state index contributed by atoms with van der Waals surface area (Å²) in [6.45, 7) is 2.78. The molecule has 2 heterocycles. The van der Waals surface area contributed by atoms with Crippen LogP contribution < -0.4 is 9.64 Å². The van der Waals surface area contributed by atoms with E-state index < -0.39 is 0 Å². The molecular formula is C22H22N4O2. The number of benzene rings is 2. The van der Waals surface area contributed by atoms with Crippen LogP contribution in [0.5, 0.6) is 5.75 Å². The molecule has 4 rings (SSSR count). The van der Waals surface area contributed by atoms with Crippen molar-refractivity contribution in [1.29, 1.82) is 0 Å². The molecule has 1 aliphatic heterocycles. The molecule has 0 aliphatic carbocycles. The molecule has 6 heteroatoms. The summed E-state index contributed by atoms with van der Waals surface area (Å²) in [6, 6.07) is 21.4. The van der Waals surface area contributed by atoms with Crippen LogP contribution in [0, 0.1) is 0 Å². The Labute approximate surface area is 164 Å². The summed E-state index contributed by atoms with van der Waals surface area (Å²) < 4.78 is 5.45. The van der Waals surface area contributed by atoms with Gasteiger partial charge in [0.1, 0.15) is 5.75 Å². The van der Waals surface area contributed by atoms with Crippen molar-refractivity contribution >= 4 is 11.6 Å². The van der Waals surface area contributed by atoms with Crippen LogP contribution in [0.25, 0.3) is 11.3 Å². The second kappa shape index (κ2) is 8.08. The lowest BCUT2D eigenvalue weighted by molar-refractivity contribution is 0.0739. The van der Waals surface area contributed by atoms with Gasteiger partial charge < -0.3 is 14.5 Å². The number of amides is 1. The zero-order valence-electron chi connectivity index (χ0n) is 15.8. The van der Waals surface area contributed by atoms with E-state index in [4.69, 9.17) is 4.74 Å². The Hall–Kier alpha value is -3.41. The molecule has 1 aliphatic rings. The minimum absolute atomic E-state index is 0.0770. The molecule has 28 heavy (non-hydrogen) atoms. The summed E-state index contributed by atoms with van der Waals surface area (Å²) in [5.41, 5.74) is 3.19. The van der Waals surface area contributed by atoms with E-state index in [1.165, 1.54) is 0 Å². The molecule has 6 nitrogen and oxygen atoms in total. The van der Waals surface area contributed by atoms with Crippen molar-refractivity contribution in [1.82, 2.24) is 15.1 Å². The van der Waals surface area contributed by atoms with E-state index in [2.05, 4.69) is 15.1 Å². The zero-order valence-corrected chi connectivity index (χ0v) is 15.8. The molecule has 0 radical (unpaired) electrons. The van der Waals surface area contributed by atoms with Crippen LogP contribution >= 0.6 is 0 Å². The second-order valence-corrected chi connectivity index (χ2v) is 6.62. The van der Waals surface area contributed by atoms with Gasteiger partial charge in [0.15, 0.2) is 5.69 Å². The van der Waals surface area contributed by atoms with Crippen molar-refractivity contribution in [2.24, 2.45) is 0 Å². The monoisotopic (exact) mass is 374 g/mol. The second-order valence-electron chi connectivity index (χ2n) is 6.62. The van der Waals surface area contributed by atoms with Crippen molar-refractivity contribution in [2.75, 3.05) is 38.2 Å². The molecule has 2 aromatic carbocycles. The zero-order chi connectivity index (χ0) is 19.3. The van der Waals surface area contributed by atoms with Crippen LogP contribution in [0.15, 0.2) is 66.7 Å². The first kappa shape index (κ1) is 18.0. The average molecular weight is 374 g/mol. The molecule has 0 spiro atoms. The van der Waals surface area contributed by atoms with Crippen LogP contribution in [-0.4, -0.2) is 54.3 Å². The van der Waals surface area contributed by atoms with Crippen molar-refractivity contribution < 1.29 is 9.53 Å². The topological polar surface area (TPSA) is 58.6 Å². The summed E-state index contributed by atoms with van der Waals surface area (Å²) in [7, 11) is 1.68. The highest BCUT2D eigenvalue weighted by molar-refractivity contribution is 5.92. The Morgan fingerprint density at radius 2 is 1.57 bits per heavy atom. The van der Waals surface area contributed by atoms with E-state index in [1.807, 2.05) is 65.6 Å². The van der Waals surface area contributed by atoms with Crippen LogP contribution in [0.2, 0.25) is 0 Å². The number of hydrogen-bond acceptors (Lipinski definition) is 5.